The van der Waals surface area contributed by atoms with Gasteiger partial charge in [-0.25, -0.2) is 0 Å². The summed E-state index contributed by atoms with van der Waals surface area (Å²) in [5.41, 5.74) is 1.08. The number of fused-ring (bicyclic) bond motifs is 1. The number of rotatable bonds is 4. The lowest BCUT2D eigenvalue weighted by atomic mass is 9.89. The van der Waals surface area contributed by atoms with Crippen molar-refractivity contribution in [3.05, 3.63) is 23.8 Å². The number of carbonyl (C=O) groups is 2. The molecule has 3 rings (SSSR count). The maximum absolute atomic E-state index is 13.0. The molecular weight excluding hydrogens is 316 g/mol. The number of amidine groups is 1. The predicted molar refractivity (Wildman–Crippen MR) is 98.2 cm³/mol. The zero-order chi connectivity index (χ0) is 18.1. The van der Waals surface area contributed by atoms with E-state index in [1.165, 1.54) is 0 Å². The summed E-state index contributed by atoms with van der Waals surface area (Å²) in [5.74, 6) is 0.690. The molecule has 3 aliphatic rings. The van der Waals surface area contributed by atoms with E-state index >= 15 is 0 Å². The maximum atomic E-state index is 13.0. The van der Waals surface area contributed by atoms with Crippen molar-refractivity contribution in [1.82, 2.24) is 15.5 Å². The average Bonchev–Trinajstić information content (AvgIpc) is 3.05. The molecule has 0 aromatic heterocycles. The van der Waals surface area contributed by atoms with Gasteiger partial charge in [0, 0.05) is 6.54 Å². The minimum atomic E-state index is -0.236. The molecule has 4 unspecified atom stereocenters. The van der Waals surface area contributed by atoms with Crippen LogP contribution in [0.4, 0.5) is 0 Å². The highest BCUT2D eigenvalue weighted by atomic mass is 16.2. The highest BCUT2D eigenvalue weighted by Gasteiger charge is 2.40. The van der Waals surface area contributed by atoms with Crippen LogP contribution in [0.2, 0.25) is 0 Å². The average molecular weight is 344 g/mol. The second kappa shape index (κ2) is 7.12. The number of nitrogens with one attached hydrogen (secondary N) is 2. The molecule has 0 aromatic carbocycles. The van der Waals surface area contributed by atoms with E-state index in [4.69, 9.17) is 4.99 Å². The summed E-state index contributed by atoms with van der Waals surface area (Å²) >= 11 is 0. The largest absolute Gasteiger partial charge is 0.331 e. The van der Waals surface area contributed by atoms with Gasteiger partial charge >= 0.3 is 0 Å². The van der Waals surface area contributed by atoms with Gasteiger partial charge in [0.1, 0.15) is 5.84 Å². The van der Waals surface area contributed by atoms with Gasteiger partial charge in [0.2, 0.25) is 11.8 Å². The van der Waals surface area contributed by atoms with Crippen LogP contribution in [0.3, 0.4) is 0 Å². The summed E-state index contributed by atoms with van der Waals surface area (Å²) in [5, 5.41) is 6.09. The standard InChI is InChI=1S/C19H28N4O2/c1-11(2)16(20-4)19(25)23-9-5-6-15(23)17-21-14-8-7-12(3)10-13(14)18(24)22-17/h7-8,10-11,13-16,20H,5-6,9H2,1-4H3,(H,21,22,24). The van der Waals surface area contributed by atoms with E-state index in [2.05, 4.69) is 10.6 Å². The van der Waals surface area contributed by atoms with E-state index in [9.17, 15) is 9.59 Å². The minimum absolute atomic E-state index is 0.0213. The topological polar surface area (TPSA) is 73.8 Å². The van der Waals surface area contributed by atoms with Gasteiger partial charge in [-0.1, -0.05) is 37.6 Å². The molecule has 136 valence electrons. The third-order valence-corrected chi connectivity index (χ3v) is 5.30. The Labute approximate surface area is 149 Å². The first kappa shape index (κ1) is 17.9. The van der Waals surface area contributed by atoms with Crippen LogP contribution in [-0.4, -0.2) is 54.3 Å². The molecule has 0 saturated carbocycles. The zero-order valence-corrected chi connectivity index (χ0v) is 15.5. The van der Waals surface area contributed by atoms with Crippen LogP contribution in [0.25, 0.3) is 0 Å². The Kier molecular flexibility index (Phi) is 5.08. The van der Waals surface area contributed by atoms with Gasteiger partial charge < -0.3 is 15.5 Å². The van der Waals surface area contributed by atoms with Crippen molar-refractivity contribution in [2.45, 2.75) is 51.7 Å². The molecule has 2 N–H and O–H groups in total. The second-order valence-electron chi connectivity index (χ2n) is 7.49. The summed E-state index contributed by atoms with van der Waals surface area (Å²) in [7, 11) is 1.82. The summed E-state index contributed by atoms with van der Waals surface area (Å²) in [6, 6.07) is -0.504. The second-order valence-corrected chi connectivity index (χ2v) is 7.49. The molecule has 1 saturated heterocycles. The molecular formula is C19H28N4O2. The Hall–Kier alpha value is -1.95. The predicted octanol–water partition coefficient (Wildman–Crippen LogP) is 1.25. The zero-order valence-electron chi connectivity index (χ0n) is 15.5. The van der Waals surface area contributed by atoms with Gasteiger partial charge in [-0.15, -0.1) is 0 Å². The fraction of sp³-hybridized carbons (Fsp3) is 0.632. The molecule has 6 heteroatoms. The van der Waals surface area contributed by atoms with Crippen LogP contribution in [0.15, 0.2) is 28.8 Å². The van der Waals surface area contributed by atoms with Gasteiger partial charge in [0.25, 0.3) is 0 Å². The van der Waals surface area contributed by atoms with Gasteiger partial charge in [0.15, 0.2) is 0 Å². The van der Waals surface area contributed by atoms with Gasteiger partial charge in [-0.2, -0.15) is 0 Å². The molecule has 4 atom stereocenters. The van der Waals surface area contributed by atoms with Crippen molar-refractivity contribution in [2.24, 2.45) is 16.8 Å². The molecule has 2 amide bonds. The number of likely N-dealkylation sites (N-methyl/N-ethyl adjacent to an activating group) is 1. The molecule has 0 bridgehead atoms. The van der Waals surface area contributed by atoms with Crippen LogP contribution in [0, 0.1) is 11.8 Å². The van der Waals surface area contributed by atoms with Crippen molar-refractivity contribution in [3.8, 4) is 0 Å². The van der Waals surface area contributed by atoms with E-state index in [1.54, 1.807) is 0 Å². The number of hydrogen-bond donors (Lipinski definition) is 2. The highest BCUT2D eigenvalue weighted by Crippen LogP contribution is 2.27. The molecule has 1 fully saturated rings. The first-order valence-electron chi connectivity index (χ1n) is 9.15. The lowest BCUT2D eigenvalue weighted by Crippen LogP contribution is -2.56. The summed E-state index contributed by atoms with van der Waals surface area (Å²) in [6.07, 6.45) is 7.74. The van der Waals surface area contributed by atoms with Crippen molar-refractivity contribution >= 4 is 17.6 Å². The fourth-order valence-electron chi connectivity index (χ4n) is 3.97. The molecule has 0 spiro atoms. The molecule has 0 radical (unpaired) electrons. The van der Waals surface area contributed by atoms with E-state index < -0.39 is 0 Å². The van der Waals surface area contributed by atoms with Crippen LogP contribution in [-0.2, 0) is 9.59 Å². The molecule has 2 heterocycles. The molecule has 0 aromatic rings. The monoisotopic (exact) mass is 344 g/mol. The molecule has 1 aliphatic carbocycles. The lowest BCUT2D eigenvalue weighted by molar-refractivity contribution is -0.134. The van der Waals surface area contributed by atoms with E-state index in [0.717, 1.165) is 18.4 Å². The van der Waals surface area contributed by atoms with Gasteiger partial charge in [0.05, 0.1) is 24.0 Å². The number of allylic oxidation sites excluding steroid dienone is 2. The summed E-state index contributed by atoms with van der Waals surface area (Å²) < 4.78 is 0. The number of hydrogen-bond acceptors (Lipinski definition) is 4. The van der Waals surface area contributed by atoms with Crippen LogP contribution >= 0.6 is 0 Å². The third-order valence-electron chi connectivity index (χ3n) is 5.30. The Morgan fingerprint density at radius 2 is 2.20 bits per heavy atom. The Morgan fingerprint density at radius 3 is 2.88 bits per heavy atom. The van der Waals surface area contributed by atoms with Gasteiger partial charge in [-0.05, 0) is 32.7 Å². The number of likely N-dealkylation sites (tertiary alicyclic amines) is 1. The van der Waals surface area contributed by atoms with Crippen LogP contribution in [0.5, 0.6) is 0 Å². The lowest BCUT2D eigenvalue weighted by Gasteiger charge is -2.34. The number of carbonyl (C=O) groups excluding carboxylic acids is 2. The van der Waals surface area contributed by atoms with Crippen molar-refractivity contribution in [2.75, 3.05) is 13.6 Å². The van der Waals surface area contributed by atoms with Crippen LogP contribution in [0.1, 0.15) is 33.6 Å². The molecule has 6 nitrogen and oxygen atoms in total. The first-order chi connectivity index (χ1) is 11.9. The molecule has 2 aliphatic heterocycles. The first-order valence-corrected chi connectivity index (χ1v) is 9.15. The minimum Gasteiger partial charge on any atom is -0.331 e. The normalized spacial score (nSPS) is 29.9. The fourth-order valence-corrected chi connectivity index (χ4v) is 3.97. The SMILES string of the molecule is CNC(C(=O)N1CCCC1C1=NC2C=CC(C)=CC2C(=O)N1)C(C)C. The summed E-state index contributed by atoms with van der Waals surface area (Å²) in [6.45, 7) is 6.78. The number of nitrogens with zero attached hydrogens (tertiary/aromatic N) is 2. The van der Waals surface area contributed by atoms with Crippen molar-refractivity contribution in [3.63, 3.8) is 0 Å². The Morgan fingerprint density at radius 1 is 1.44 bits per heavy atom. The Bertz CT molecular complexity index is 650. The van der Waals surface area contributed by atoms with E-state index in [0.29, 0.717) is 12.4 Å². The summed E-state index contributed by atoms with van der Waals surface area (Å²) in [4.78, 5) is 32.1. The quantitative estimate of drug-likeness (QED) is 0.806. The van der Waals surface area contributed by atoms with Crippen molar-refractivity contribution in [1.29, 1.82) is 0 Å². The number of aliphatic imine (C=N–C) groups is 1. The Balaban J connectivity index is 1.82. The smallest absolute Gasteiger partial charge is 0.240 e. The van der Waals surface area contributed by atoms with Gasteiger partial charge in [-0.3, -0.25) is 14.6 Å². The van der Waals surface area contributed by atoms with Crippen molar-refractivity contribution < 1.29 is 9.59 Å². The maximum Gasteiger partial charge on any atom is 0.240 e. The van der Waals surface area contributed by atoms with E-state index in [-0.39, 0.29) is 41.8 Å². The third kappa shape index (κ3) is 3.40. The van der Waals surface area contributed by atoms with E-state index in [1.807, 2.05) is 50.9 Å². The highest BCUT2D eigenvalue weighted by molar-refractivity contribution is 6.06. The number of amides is 2. The van der Waals surface area contributed by atoms with Crippen LogP contribution < -0.4 is 10.6 Å². The molecule has 25 heavy (non-hydrogen) atoms.